The molecule has 2 aromatic heterocycles. The molecule has 2 aromatic rings. The average Bonchev–Trinajstić information content (AvgIpc) is 2.95. The van der Waals surface area contributed by atoms with E-state index in [2.05, 4.69) is 15.9 Å². The fourth-order valence-corrected chi connectivity index (χ4v) is 6.21. The SMILES string of the molecule is Cc1csc(CCl)c1S(=O)(=O)N(C)Cc1csc(Br)c1. The molecule has 0 radical (unpaired) electrons. The molecule has 0 atom stereocenters. The second-order valence-electron chi connectivity index (χ2n) is 4.32. The molecule has 110 valence electrons. The van der Waals surface area contributed by atoms with Crippen LogP contribution in [0.5, 0.6) is 0 Å². The Bertz CT molecular complexity index is 708. The highest BCUT2D eigenvalue weighted by molar-refractivity contribution is 9.11. The van der Waals surface area contributed by atoms with Gasteiger partial charge in [0, 0.05) is 18.5 Å². The van der Waals surface area contributed by atoms with Crippen LogP contribution in [0, 0.1) is 6.92 Å². The van der Waals surface area contributed by atoms with Gasteiger partial charge in [-0.1, -0.05) is 0 Å². The number of halogens is 2. The quantitative estimate of drug-likeness (QED) is 0.678. The first-order chi connectivity index (χ1) is 9.36. The predicted molar refractivity (Wildman–Crippen MR) is 89.3 cm³/mol. The maximum atomic E-state index is 12.7. The molecular weight excluding hydrogens is 402 g/mol. The third kappa shape index (κ3) is 3.28. The van der Waals surface area contributed by atoms with Gasteiger partial charge in [0.05, 0.1) is 9.67 Å². The summed E-state index contributed by atoms with van der Waals surface area (Å²) < 4.78 is 27.7. The Labute approximate surface area is 140 Å². The van der Waals surface area contributed by atoms with Gasteiger partial charge in [-0.15, -0.1) is 34.3 Å². The fraction of sp³-hybridized carbons (Fsp3) is 0.333. The summed E-state index contributed by atoms with van der Waals surface area (Å²) in [5.41, 5.74) is 1.72. The standard InChI is InChI=1S/C12H13BrClNO2S3/c1-8-6-18-10(4-14)12(8)20(16,17)15(2)5-9-3-11(13)19-7-9/h3,6-7H,4-5H2,1-2H3. The summed E-state index contributed by atoms with van der Waals surface area (Å²) >= 11 is 12.2. The minimum atomic E-state index is -3.51. The van der Waals surface area contributed by atoms with Crippen molar-refractivity contribution >= 4 is 60.2 Å². The smallest absolute Gasteiger partial charge is 0.207 e. The molecule has 2 heterocycles. The van der Waals surface area contributed by atoms with Crippen LogP contribution in [0.1, 0.15) is 16.0 Å². The van der Waals surface area contributed by atoms with Crippen LogP contribution >= 0.6 is 50.2 Å². The zero-order valence-electron chi connectivity index (χ0n) is 10.9. The number of thiophene rings is 2. The predicted octanol–water partition coefficient (Wildman–Crippen LogP) is 4.44. The van der Waals surface area contributed by atoms with Gasteiger partial charge < -0.3 is 0 Å². The average molecular weight is 415 g/mol. The van der Waals surface area contributed by atoms with Crippen LogP contribution < -0.4 is 0 Å². The van der Waals surface area contributed by atoms with Crippen molar-refractivity contribution in [1.29, 1.82) is 0 Å². The highest BCUT2D eigenvalue weighted by atomic mass is 79.9. The molecule has 20 heavy (non-hydrogen) atoms. The van der Waals surface area contributed by atoms with E-state index < -0.39 is 10.0 Å². The Morgan fingerprint density at radius 1 is 1.35 bits per heavy atom. The van der Waals surface area contributed by atoms with Crippen LogP contribution in [-0.2, 0) is 22.4 Å². The van der Waals surface area contributed by atoms with Gasteiger partial charge in [0.1, 0.15) is 4.90 Å². The molecule has 3 nitrogen and oxygen atoms in total. The monoisotopic (exact) mass is 413 g/mol. The molecule has 0 bridgehead atoms. The Balaban J connectivity index is 2.32. The van der Waals surface area contributed by atoms with Gasteiger partial charge in [-0.25, -0.2) is 8.42 Å². The molecule has 0 unspecified atom stereocenters. The van der Waals surface area contributed by atoms with Gasteiger partial charge in [-0.3, -0.25) is 0 Å². The summed E-state index contributed by atoms with van der Waals surface area (Å²) in [5, 5.41) is 3.78. The van der Waals surface area contributed by atoms with Crippen molar-refractivity contribution in [3.63, 3.8) is 0 Å². The van der Waals surface area contributed by atoms with Crippen LogP contribution in [-0.4, -0.2) is 19.8 Å². The van der Waals surface area contributed by atoms with Crippen LogP contribution in [0.2, 0.25) is 0 Å². The Hall–Kier alpha value is 0.0800. The molecule has 0 N–H and O–H groups in total. The van der Waals surface area contributed by atoms with Crippen molar-refractivity contribution in [1.82, 2.24) is 4.31 Å². The van der Waals surface area contributed by atoms with E-state index in [1.165, 1.54) is 15.6 Å². The molecular formula is C12H13BrClNO2S3. The van der Waals surface area contributed by atoms with Crippen molar-refractivity contribution in [3.8, 4) is 0 Å². The third-order valence-electron chi connectivity index (χ3n) is 2.81. The van der Waals surface area contributed by atoms with Gasteiger partial charge >= 0.3 is 0 Å². The molecule has 2 rings (SSSR count). The maximum absolute atomic E-state index is 12.7. The molecule has 0 aliphatic rings. The Kier molecular flexibility index (Phi) is 5.31. The van der Waals surface area contributed by atoms with E-state index in [-0.39, 0.29) is 5.88 Å². The van der Waals surface area contributed by atoms with Crippen LogP contribution in [0.3, 0.4) is 0 Å². The first-order valence-electron chi connectivity index (χ1n) is 5.68. The van der Waals surface area contributed by atoms with Crippen molar-refractivity contribution in [2.45, 2.75) is 24.2 Å². The summed E-state index contributed by atoms with van der Waals surface area (Å²) in [6, 6.07) is 1.93. The highest BCUT2D eigenvalue weighted by Gasteiger charge is 2.27. The van der Waals surface area contributed by atoms with E-state index in [0.717, 1.165) is 14.9 Å². The maximum Gasteiger partial charge on any atom is 0.244 e. The van der Waals surface area contributed by atoms with Crippen molar-refractivity contribution in [3.05, 3.63) is 36.6 Å². The van der Waals surface area contributed by atoms with Gasteiger partial charge in [0.15, 0.2) is 0 Å². The van der Waals surface area contributed by atoms with E-state index in [0.29, 0.717) is 16.3 Å². The van der Waals surface area contributed by atoms with Crippen LogP contribution in [0.25, 0.3) is 0 Å². The highest BCUT2D eigenvalue weighted by Crippen LogP contribution is 2.31. The van der Waals surface area contributed by atoms with Gasteiger partial charge in [-0.2, -0.15) is 4.31 Å². The fourth-order valence-electron chi connectivity index (χ4n) is 1.85. The largest absolute Gasteiger partial charge is 0.244 e. The lowest BCUT2D eigenvalue weighted by Gasteiger charge is -2.17. The number of rotatable bonds is 5. The summed E-state index contributed by atoms with van der Waals surface area (Å²) in [5.74, 6) is 0.213. The molecule has 0 saturated heterocycles. The molecule has 0 aliphatic heterocycles. The minimum Gasteiger partial charge on any atom is -0.207 e. The van der Waals surface area contributed by atoms with Gasteiger partial charge in [0.25, 0.3) is 0 Å². The lowest BCUT2D eigenvalue weighted by atomic mass is 10.3. The third-order valence-corrected chi connectivity index (χ3v) is 8.05. The van der Waals surface area contributed by atoms with Crippen molar-refractivity contribution < 1.29 is 8.42 Å². The van der Waals surface area contributed by atoms with E-state index in [4.69, 9.17) is 11.6 Å². The summed E-state index contributed by atoms with van der Waals surface area (Å²) in [6.07, 6.45) is 0. The lowest BCUT2D eigenvalue weighted by molar-refractivity contribution is 0.466. The number of aryl methyl sites for hydroxylation is 1. The molecule has 0 spiro atoms. The summed E-state index contributed by atoms with van der Waals surface area (Å²) in [6.45, 7) is 2.15. The number of nitrogens with zero attached hydrogens (tertiary/aromatic N) is 1. The molecule has 0 fully saturated rings. The van der Waals surface area contributed by atoms with Gasteiger partial charge in [-0.05, 0) is 50.8 Å². The number of alkyl halides is 1. The summed E-state index contributed by atoms with van der Waals surface area (Å²) in [4.78, 5) is 1.05. The second kappa shape index (κ2) is 6.46. The molecule has 8 heteroatoms. The molecule has 0 amide bonds. The first-order valence-corrected chi connectivity index (χ1v) is 10.2. The first kappa shape index (κ1) is 16.5. The Morgan fingerprint density at radius 3 is 2.60 bits per heavy atom. The zero-order valence-corrected chi connectivity index (χ0v) is 15.7. The molecule has 0 aliphatic carbocycles. The number of sulfonamides is 1. The number of hydrogen-bond acceptors (Lipinski definition) is 4. The van der Waals surface area contributed by atoms with E-state index in [9.17, 15) is 8.42 Å². The van der Waals surface area contributed by atoms with E-state index in [1.807, 2.05) is 16.8 Å². The van der Waals surface area contributed by atoms with E-state index in [1.54, 1.807) is 25.3 Å². The molecule has 0 aromatic carbocycles. The van der Waals surface area contributed by atoms with Gasteiger partial charge in [0.2, 0.25) is 10.0 Å². The molecule has 0 saturated carbocycles. The zero-order chi connectivity index (χ0) is 14.9. The Morgan fingerprint density at radius 2 is 2.05 bits per heavy atom. The van der Waals surface area contributed by atoms with Crippen molar-refractivity contribution in [2.24, 2.45) is 0 Å². The summed E-state index contributed by atoms with van der Waals surface area (Å²) in [7, 11) is -1.92. The van der Waals surface area contributed by atoms with Crippen LogP contribution in [0.4, 0.5) is 0 Å². The van der Waals surface area contributed by atoms with Crippen LogP contribution in [0.15, 0.2) is 25.5 Å². The minimum absolute atomic E-state index is 0.213. The van der Waals surface area contributed by atoms with Crippen molar-refractivity contribution in [2.75, 3.05) is 7.05 Å². The van der Waals surface area contributed by atoms with E-state index >= 15 is 0 Å². The normalized spacial score (nSPS) is 12.2. The lowest BCUT2D eigenvalue weighted by Crippen LogP contribution is -2.27. The topological polar surface area (TPSA) is 37.4 Å². The number of hydrogen-bond donors (Lipinski definition) is 0. The second-order valence-corrected chi connectivity index (χ2v) is 9.83.